The first kappa shape index (κ1) is 18.1. The summed E-state index contributed by atoms with van der Waals surface area (Å²) in [5, 5.41) is 1.25. The number of carbonyl (C=O) groups is 1. The lowest BCUT2D eigenvalue weighted by Crippen LogP contribution is -2.30. The minimum Gasteiger partial charge on any atom is -0.274 e. The molecule has 134 valence electrons. The van der Waals surface area contributed by atoms with Crippen molar-refractivity contribution in [1.29, 1.82) is 0 Å². The van der Waals surface area contributed by atoms with Gasteiger partial charge in [0.2, 0.25) is 5.91 Å². The quantitative estimate of drug-likeness (QED) is 0.750. The summed E-state index contributed by atoms with van der Waals surface area (Å²) >= 11 is 0. The van der Waals surface area contributed by atoms with E-state index in [1.54, 1.807) is 24.4 Å². The Kier molecular flexibility index (Phi) is 5.04. The number of hydrogen-bond acceptors (Lipinski definition) is 4. The number of aromatic nitrogens is 1. The third-order valence-electron chi connectivity index (χ3n) is 4.30. The second-order valence-electron chi connectivity index (χ2n) is 6.31. The van der Waals surface area contributed by atoms with Crippen molar-refractivity contribution in [3.63, 3.8) is 0 Å². The van der Waals surface area contributed by atoms with Crippen LogP contribution in [0.1, 0.15) is 23.1 Å². The average Bonchev–Trinajstić information content (AvgIpc) is 2.60. The van der Waals surface area contributed by atoms with Crippen molar-refractivity contribution in [2.45, 2.75) is 31.6 Å². The van der Waals surface area contributed by atoms with Gasteiger partial charge in [-0.3, -0.25) is 9.78 Å². The summed E-state index contributed by atoms with van der Waals surface area (Å²) in [5.41, 5.74) is 3.30. The lowest BCUT2D eigenvalue weighted by molar-refractivity contribution is -0.119. The van der Waals surface area contributed by atoms with E-state index in [0.29, 0.717) is 17.2 Å². The zero-order chi connectivity index (χ0) is 18.7. The summed E-state index contributed by atoms with van der Waals surface area (Å²) in [6.45, 7) is 4.00. The molecular weight excluding hydrogens is 348 g/mol. The molecule has 0 unspecified atom stereocenters. The zero-order valence-electron chi connectivity index (χ0n) is 14.7. The van der Waals surface area contributed by atoms with E-state index in [2.05, 4.69) is 9.71 Å². The number of carbonyl (C=O) groups excluding carboxylic acids is 1. The van der Waals surface area contributed by atoms with Gasteiger partial charge in [-0.2, -0.15) is 0 Å². The van der Waals surface area contributed by atoms with Crippen molar-refractivity contribution in [2.24, 2.45) is 0 Å². The molecule has 0 saturated carbocycles. The standard InChI is InChI=1S/C20H20N2O3S/c1-14-6-7-16(15(2)12-14)8-9-20(23)22-26(24,25)19-5-3-4-17-13-21-11-10-18(17)19/h3-7,10-13H,8-9H2,1-2H3,(H,22,23). The first-order valence-electron chi connectivity index (χ1n) is 8.31. The van der Waals surface area contributed by atoms with Gasteiger partial charge in [-0.05, 0) is 43.5 Å². The van der Waals surface area contributed by atoms with E-state index in [1.165, 1.54) is 12.3 Å². The molecular formula is C20H20N2O3S. The molecule has 0 radical (unpaired) electrons. The maximum absolute atomic E-state index is 12.6. The van der Waals surface area contributed by atoms with E-state index < -0.39 is 15.9 Å². The normalized spacial score (nSPS) is 11.5. The van der Waals surface area contributed by atoms with E-state index in [0.717, 1.165) is 16.7 Å². The number of nitrogens with zero attached hydrogens (tertiary/aromatic N) is 1. The molecule has 3 rings (SSSR count). The number of fused-ring (bicyclic) bond motifs is 1. The first-order valence-corrected chi connectivity index (χ1v) is 9.80. The molecule has 0 bridgehead atoms. The molecule has 0 spiro atoms. The molecule has 0 atom stereocenters. The first-order chi connectivity index (χ1) is 12.4. The van der Waals surface area contributed by atoms with Crippen LogP contribution in [0.15, 0.2) is 59.8 Å². The van der Waals surface area contributed by atoms with Gasteiger partial charge in [-0.25, -0.2) is 13.1 Å². The molecule has 1 heterocycles. The summed E-state index contributed by atoms with van der Waals surface area (Å²) < 4.78 is 27.4. The Bertz CT molecular complexity index is 1070. The molecule has 5 nitrogen and oxygen atoms in total. The lowest BCUT2D eigenvalue weighted by Gasteiger charge is -2.10. The van der Waals surface area contributed by atoms with Crippen LogP contribution in [-0.4, -0.2) is 19.3 Å². The lowest BCUT2D eigenvalue weighted by atomic mass is 10.0. The fraction of sp³-hybridized carbons (Fsp3) is 0.200. The van der Waals surface area contributed by atoms with Gasteiger partial charge in [0, 0.05) is 29.6 Å². The van der Waals surface area contributed by atoms with Crippen molar-refractivity contribution in [1.82, 2.24) is 9.71 Å². The second-order valence-corrected chi connectivity index (χ2v) is 7.96. The van der Waals surface area contributed by atoms with Crippen molar-refractivity contribution >= 4 is 26.7 Å². The molecule has 1 amide bonds. The van der Waals surface area contributed by atoms with Crippen LogP contribution >= 0.6 is 0 Å². The molecule has 3 aromatic rings. The molecule has 0 aliphatic heterocycles. The number of sulfonamides is 1. The highest BCUT2D eigenvalue weighted by molar-refractivity contribution is 7.90. The number of nitrogens with one attached hydrogen (secondary N) is 1. The second kappa shape index (κ2) is 7.25. The van der Waals surface area contributed by atoms with Gasteiger partial charge < -0.3 is 0 Å². The average molecular weight is 368 g/mol. The van der Waals surface area contributed by atoms with Gasteiger partial charge in [0.1, 0.15) is 0 Å². The molecule has 0 fully saturated rings. The molecule has 2 aromatic carbocycles. The van der Waals surface area contributed by atoms with E-state index in [9.17, 15) is 13.2 Å². The highest BCUT2D eigenvalue weighted by Gasteiger charge is 2.20. The number of hydrogen-bond donors (Lipinski definition) is 1. The van der Waals surface area contributed by atoms with Gasteiger partial charge in [0.15, 0.2) is 0 Å². The highest BCUT2D eigenvalue weighted by atomic mass is 32.2. The molecule has 26 heavy (non-hydrogen) atoms. The molecule has 0 saturated heterocycles. The number of aryl methyl sites for hydroxylation is 3. The Labute approximate surface area is 153 Å². The predicted molar refractivity (Wildman–Crippen MR) is 101 cm³/mol. The Hall–Kier alpha value is -2.73. The summed E-state index contributed by atoms with van der Waals surface area (Å²) in [4.78, 5) is 16.3. The smallest absolute Gasteiger partial charge is 0.264 e. The van der Waals surface area contributed by atoms with Crippen LogP contribution in [0.3, 0.4) is 0 Å². The van der Waals surface area contributed by atoms with Crippen LogP contribution in [0.25, 0.3) is 10.8 Å². The highest BCUT2D eigenvalue weighted by Crippen LogP contribution is 2.22. The Morgan fingerprint density at radius 2 is 1.92 bits per heavy atom. The molecule has 6 heteroatoms. The zero-order valence-corrected chi connectivity index (χ0v) is 15.5. The van der Waals surface area contributed by atoms with Gasteiger partial charge in [-0.1, -0.05) is 35.9 Å². The fourth-order valence-corrected chi connectivity index (χ4v) is 4.20. The largest absolute Gasteiger partial charge is 0.274 e. The van der Waals surface area contributed by atoms with E-state index in [4.69, 9.17) is 0 Å². The molecule has 1 N–H and O–H groups in total. The van der Waals surface area contributed by atoms with Crippen LogP contribution in [0.2, 0.25) is 0 Å². The topological polar surface area (TPSA) is 76.1 Å². The molecule has 1 aromatic heterocycles. The number of benzene rings is 2. The van der Waals surface area contributed by atoms with Crippen LogP contribution in [0, 0.1) is 13.8 Å². The summed E-state index contributed by atoms with van der Waals surface area (Å²) in [5.74, 6) is -0.518. The van der Waals surface area contributed by atoms with Gasteiger partial charge in [-0.15, -0.1) is 0 Å². The van der Waals surface area contributed by atoms with Crippen molar-refractivity contribution in [2.75, 3.05) is 0 Å². The van der Waals surface area contributed by atoms with Gasteiger partial charge in [0.05, 0.1) is 4.90 Å². The third kappa shape index (κ3) is 3.91. The fourth-order valence-electron chi connectivity index (χ4n) is 2.96. The van der Waals surface area contributed by atoms with Crippen molar-refractivity contribution in [3.05, 3.63) is 71.5 Å². The molecule has 0 aliphatic carbocycles. The van der Waals surface area contributed by atoms with Gasteiger partial charge in [0.25, 0.3) is 10.0 Å². The van der Waals surface area contributed by atoms with E-state index in [1.807, 2.05) is 32.0 Å². The Morgan fingerprint density at radius 3 is 2.69 bits per heavy atom. The van der Waals surface area contributed by atoms with Crippen molar-refractivity contribution in [3.8, 4) is 0 Å². The molecule has 0 aliphatic rings. The number of pyridine rings is 1. The van der Waals surface area contributed by atoms with E-state index in [-0.39, 0.29) is 11.3 Å². The monoisotopic (exact) mass is 368 g/mol. The summed E-state index contributed by atoms with van der Waals surface area (Å²) in [7, 11) is -3.93. The number of amides is 1. The van der Waals surface area contributed by atoms with Crippen LogP contribution in [0.4, 0.5) is 0 Å². The Morgan fingerprint density at radius 1 is 1.12 bits per heavy atom. The maximum atomic E-state index is 12.6. The van der Waals surface area contributed by atoms with E-state index >= 15 is 0 Å². The predicted octanol–water partition coefficient (Wildman–Crippen LogP) is 3.29. The number of rotatable bonds is 5. The SMILES string of the molecule is Cc1ccc(CCC(=O)NS(=O)(=O)c2cccc3cnccc23)c(C)c1. The third-order valence-corrected chi connectivity index (χ3v) is 5.73. The Balaban J connectivity index is 1.75. The van der Waals surface area contributed by atoms with Crippen LogP contribution in [0.5, 0.6) is 0 Å². The maximum Gasteiger partial charge on any atom is 0.264 e. The minimum absolute atomic E-state index is 0.0808. The van der Waals surface area contributed by atoms with Gasteiger partial charge >= 0.3 is 0 Å². The summed E-state index contributed by atoms with van der Waals surface area (Å²) in [6, 6.07) is 12.5. The van der Waals surface area contributed by atoms with Crippen LogP contribution in [-0.2, 0) is 21.2 Å². The summed E-state index contributed by atoms with van der Waals surface area (Å²) in [6.07, 6.45) is 3.72. The van der Waals surface area contributed by atoms with Crippen molar-refractivity contribution < 1.29 is 13.2 Å². The minimum atomic E-state index is -3.93. The van der Waals surface area contributed by atoms with Crippen LogP contribution < -0.4 is 4.72 Å².